The molecule has 1 aliphatic carbocycles. The molecule has 5 nitrogen and oxygen atoms in total. The molecule has 1 aromatic rings. The molecule has 0 atom stereocenters. The molecule has 0 amide bonds. The Hall–Kier alpha value is -1.95. The molecule has 2 fully saturated rings. The molecule has 1 saturated heterocycles. The molecule has 3 rings (SSSR count). The maximum Gasteiger partial charge on any atom is 0.490 e. The Morgan fingerprint density at radius 1 is 1.26 bits per heavy atom. The fourth-order valence-electron chi connectivity index (χ4n) is 2.63. The molecule has 0 spiro atoms. The van der Waals surface area contributed by atoms with Crippen LogP contribution < -0.4 is 10.6 Å². The first-order valence-electron chi connectivity index (χ1n) is 7.83. The van der Waals surface area contributed by atoms with Crippen molar-refractivity contribution in [1.29, 1.82) is 0 Å². The summed E-state index contributed by atoms with van der Waals surface area (Å²) in [5.74, 6) is -3.53. The van der Waals surface area contributed by atoms with E-state index in [-0.39, 0.29) is 17.6 Å². The zero-order valence-corrected chi connectivity index (χ0v) is 13.7. The first-order chi connectivity index (χ1) is 12.4. The third-order valence-electron chi connectivity index (χ3n) is 4.46. The van der Waals surface area contributed by atoms with Gasteiger partial charge in [0.2, 0.25) is 0 Å². The lowest BCUT2D eigenvalue weighted by molar-refractivity contribution is -0.192. The number of nitrogens with one attached hydrogen (secondary N) is 2. The fourth-order valence-corrected chi connectivity index (χ4v) is 2.63. The van der Waals surface area contributed by atoms with Crippen LogP contribution in [0.4, 0.5) is 30.7 Å². The van der Waals surface area contributed by atoms with Gasteiger partial charge in [-0.2, -0.15) is 26.3 Å². The van der Waals surface area contributed by atoms with Gasteiger partial charge in [-0.05, 0) is 18.9 Å². The second-order valence-electron chi connectivity index (χ2n) is 6.30. The highest BCUT2D eigenvalue weighted by molar-refractivity contribution is 5.73. The Labute approximate surface area is 149 Å². The van der Waals surface area contributed by atoms with Gasteiger partial charge in [0.15, 0.2) is 11.5 Å². The van der Waals surface area contributed by atoms with Crippen molar-refractivity contribution in [3.05, 3.63) is 29.3 Å². The van der Waals surface area contributed by atoms with Crippen molar-refractivity contribution < 1.29 is 40.6 Å². The van der Waals surface area contributed by atoms with Crippen LogP contribution in [-0.2, 0) is 17.5 Å². The number of alkyl halides is 6. The summed E-state index contributed by atoms with van der Waals surface area (Å²) in [6, 6.07) is 1.30. The number of halogens is 7. The van der Waals surface area contributed by atoms with Crippen LogP contribution in [0.2, 0.25) is 0 Å². The lowest BCUT2D eigenvalue weighted by Crippen LogP contribution is -2.55. The zero-order chi connectivity index (χ0) is 20.5. The lowest BCUT2D eigenvalue weighted by atomic mass is 9.91. The Bertz CT molecular complexity index is 683. The molecule has 3 N–H and O–H groups in total. The summed E-state index contributed by atoms with van der Waals surface area (Å²) >= 11 is 0. The largest absolute Gasteiger partial charge is 0.490 e. The summed E-state index contributed by atoms with van der Waals surface area (Å²) in [5, 5.41) is 13.5. The average molecular weight is 403 g/mol. The van der Waals surface area contributed by atoms with Crippen LogP contribution in [0.25, 0.3) is 0 Å². The van der Waals surface area contributed by atoms with Gasteiger partial charge >= 0.3 is 18.3 Å². The normalized spacial score (nSPS) is 18.9. The Kier molecular flexibility index (Phi) is 6.00. The van der Waals surface area contributed by atoms with E-state index in [1.54, 1.807) is 0 Å². The van der Waals surface area contributed by atoms with Crippen molar-refractivity contribution in [1.82, 2.24) is 15.6 Å². The third-order valence-corrected chi connectivity index (χ3v) is 4.46. The summed E-state index contributed by atoms with van der Waals surface area (Å²) in [6.45, 7) is 1.94. The number of carboxylic acids is 1. The number of pyridine rings is 1. The summed E-state index contributed by atoms with van der Waals surface area (Å²) in [6.07, 6.45) is -6.83. The highest BCUT2D eigenvalue weighted by atomic mass is 19.4. The van der Waals surface area contributed by atoms with Gasteiger partial charge in [-0.3, -0.25) is 0 Å². The molecule has 27 heavy (non-hydrogen) atoms. The van der Waals surface area contributed by atoms with Crippen molar-refractivity contribution >= 4 is 5.97 Å². The number of nitrogens with zero attached hydrogens (tertiary/aromatic N) is 1. The van der Waals surface area contributed by atoms with E-state index >= 15 is 0 Å². The molecule has 0 bridgehead atoms. The highest BCUT2D eigenvalue weighted by Gasteiger charge is 2.50. The topological polar surface area (TPSA) is 74.2 Å². The van der Waals surface area contributed by atoms with E-state index < -0.39 is 29.8 Å². The fraction of sp³-hybridized carbons (Fsp3) is 0.600. The zero-order valence-electron chi connectivity index (χ0n) is 13.7. The Morgan fingerprint density at radius 2 is 1.81 bits per heavy atom. The van der Waals surface area contributed by atoms with Gasteiger partial charge in [0.25, 0.3) is 0 Å². The minimum atomic E-state index is -5.08. The molecular formula is C15H16F7N3O2. The van der Waals surface area contributed by atoms with Crippen molar-refractivity contribution in [3.63, 3.8) is 0 Å². The molecule has 2 aliphatic rings. The number of hydrogen-bond acceptors (Lipinski definition) is 4. The standard InChI is InChI=1S/C13H15F4N3.C2HF3O2/c14-10-8(1-4-19-11(10)13(15,16)17)5-20-12(2-3-12)9-6-18-7-9;3-2(4,5)1(6)7/h1,4,9,18,20H,2-3,5-7H2;(H,6,7). The van der Waals surface area contributed by atoms with E-state index in [1.807, 2.05) is 0 Å². The van der Waals surface area contributed by atoms with Gasteiger partial charge < -0.3 is 15.7 Å². The van der Waals surface area contributed by atoms with E-state index in [0.29, 0.717) is 5.92 Å². The number of aromatic nitrogens is 1. The van der Waals surface area contributed by atoms with Crippen LogP contribution >= 0.6 is 0 Å². The first-order valence-corrected chi connectivity index (χ1v) is 7.83. The van der Waals surface area contributed by atoms with Gasteiger partial charge in [-0.25, -0.2) is 14.2 Å². The monoisotopic (exact) mass is 403 g/mol. The predicted molar refractivity (Wildman–Crippen MR) is 78.1 cm³/mol. The number of rotatable bonds is 4. The predicted octanol–water partition coefficient (Wildman–Crippen LogP) is 2.71. The Morgan fingerprint density at radius 3 is 2.19 bits per heavy atom. The minimum absolute atomic E-state index is 0.0145. The van der Waals surface area contributed by atoms with Crippen LogP contribution in [0.5, 0.6) is 0 Å². The molecule has 0 aromatic carbocycles. The van der Waals surface area contributed by atoms with Crippen LogP contribution in [0.1, 0.15) is 24.1 Å². The summed E-state index contributed by atoms with van der Waals surface area (Å²) in [5.41, 5.74) is -1.43. The van der Waals surface area contributed by atoms with E-state index in [4.69, 9.17) is 9.90 Å². The van der Waals surface area contributed by atoms with Crippen molar-refractivity contribution in [2.24, 2.45) is 5.92 Å². The van der Waals surface area contributed by atoms with Gasteiger partial charge in [0.1, 0.15) is 0 Å². The number of carbonyl (C=O) groups is 1. The third kappa shape index (κ3) is 5.28. The summed E-state index contributed by atoms with van der Waals surface area (Å²) < 4.78 is 83.3. The van der Waals surface area contributed by atoms with Gasteiger partial charge in [0, 0.05) is 42.9 Å². The smallest absolute Gasteiger partial charge is 0.475 e. The maximum atomic E-state index is 13.8. The molecule has 12 heteroatoms. The molecular weight excluding hydrogens is 387 g/mol. The molecule has 152 valence electrons. The molecule has 0 unspecified atom stereocenters. The van der Waals surface area contributed by atoms with Gasteiger partial charge in [-0.15, -0.1) is 0 Å². The molecule has 1 saturated carbocycles. The quantitative estimate of drug-likeness (QED) is 0.675. The van der Waals surface area contributed by atoms with E-state index in [1.165, 1.54) is 6.07 Å². The van der Waals surface area contributed by atoms with Crippen LogP contribution in [0, 0.1) is 11.7 Å². The second-order valence-corrected chi connectivity index (χ2v) is 6.30. The number of aliphatic carboxylic acids is 1. The van der Waals surface area contributed by atoms with Crippen molar-refractivity contribution in [2.75, 3.05) is 13.1 Å². The van der Waals surface area contributed by atoms with Gasteiger partial charge in [-0.1, -0.05) is 0 Å². The molecule has 1 aliphatic heterocycles. The van der Waals surface area contributed by atoms with E-state index in [2.05, 4.69) is 15.6 Å². The number of hydrogen-bond donors (Lipinski definition) is 3. The van der Waals surface area contributed by atoms with Crippen molar-refractivity contribution in [2.45, 2.75) is 37.3 Å². The molecule has 2 heterocycles. The summed E-state index contributed by atoms with van der Waals surface area (Å²) in [7, 11) is 0. The second kappa shape index (κ2) is 7.58. The SMILES string of the molecule is Fc1c(CNC2(C3CNC3)CC2)ccnc1C(F)(F)F.O=C(O)C(F)(F)F. The molecule has 0 radical (unpaired) electrons. The van der Waals surface area contributed by atoms with Crippen LogP contribution in [0.15, 0.2) is 12.3 Å². The maximum absolute atomic E-state index is 13.8. The first kappa shape index (κ1) is 21.4. The minimum Gasteiger partial charge on any atom is -0.475 e. The lowest BCUT2D eigenvalue weighted by Gasteiger charge is -2.36. The van der Waals surface area contributed by atoms with Crippen LogP contribution in [-0.4, -0.2) is 40.9 Å². The van der Waals surface area contributed by atoms with E-state index in [9.17, 15) is 30.7 Å². The Balaban J connectivity index is 0.000000321. The van der Waals surface area contributed by atoms with Crippen LogP contribution in [0.3, 0.4) is 0 Å². The highest BCUT2D eigenvalue weighted by Crippen LogP contribution is 2.44. The summed E-state index contributed by atoms with van der Waals surface area (Å²) in [4.78, 5) is 12.0. The average Bonchev–Trinajstić information content (AvgIpc) is 3.23. The van der Waals surface area contributed by atoms with E-state index in [0.717, 1.165) is 32.1 Å². The van der Waals surface area contributed by atoms with Crippen molar-refractivity contribution in [3.8, 4) is 0 Å². The van der Waals surface area contributed by atoms with Gasteiger partial charge in [0.05, 0.1) is 0 Å². The molecule has 1 aromatic heterocycles. The number of carboxylic acid groups (broad SMARTS) is 1.